The lowest BCUT2D eigenvalue weighted by Gasteiger charge is -2.19. The van der Waals surface area contributed by atoms with E-state index >= 15 is 0 Å². The van der Waals surface area contributed by atoms with Crippen LogP contribution in [0.5, 0.6) is 5.75 Å². The van der Waals surface area contributed by atoms with Crippen molar-refractivity contribution in [1.29, 1.82) is 0 Å². The van der Waals surface area contributed by atoms with Crippen molar-refractivity contribution in [3.63, 3.8) is 0 Å². The molecular weight excluding hydrogens is 320 g/mol. The third kappa shape index (κ3) is 4.80. The first-order valence-corrected chi connectivity index (χ1v) is 7.77. The van der Waals surface area contributed by atoms with Crippen molar-refractivity contribution in [3.05, 3.63) is 28.7 Å². The molecule has 1 aromatic carbocycles. The second-order valence-corrected chi connectivity index (χ2v) is 6.10. The molecule has 0 aliphatic carbocycles. The molecule has 1 heterocycles. The van der Waals surface area contributed by atoms with Gasteiger partial charge in [0.25, 0.3) is 0 Å². The Morgan fingerprint density at radius 2 is 2.20 bits per heavy atom. The van der Waals surface area contributed by atoms with E-state index < -0.39 is 0 Å². The van der Waals surface area contributed by atoms with Crippen molar-refractivity contribution in [1.82, 2.24) is 10.2 Å². The molecule has 20 heavy (non-hydrogen) atoms. The van der Waals surface area contributed by atoms with Crippen LogP contribution in [0.1, 0.15) is 12.8 Å². The van der Waals surface area contributed by atoms with E-state index in [1.165, 1.54) is 0 Å². The van der Waals surface area contributed by atoms with Gasteiger partial charge in [-0.05, 0) is 49.7 Å². The maximum atomic E-state index is 12.0. The molecule has 0 aromatic heterocycles. The number of hydrogen-bond donors (Lipinski definition) is 1. The number of nitrogens with zero attached hydrogens (tertiary/aromatic N) is 1. The molecule has 1 aliphatic rings. The standard InChI is InChI=1S/C15H21BrN2O2/c1-18(15(19)10-12-6-7-17-11-12)8-9-20-14-4-2-13(16)3-5-14/h2-5,12,17H,6-11H2,1H3. The smallest absolute Gasteiger partial charge is 0.222 e. The van der Waals surface area contributed by atoms with Gasteiger partial charge >= 0.3 is 0 Å². The van der Waals surface area contributed by atoms with Crippen molar-refractivity contribution < 1.29 is 9.53 Å². The molecule has 0 bridgehead atoms. The van der Waals surface area contributed by atoms with Gasteiger partial charge in [-0.3, -0.25) is 4.79 Å². The lowest BCUT2D eigenvalue weighted by molar-refractivity contribution is -0.131. The number of carbonyl (C=O) groups is 1. The number of likely N-dealkylation sites (N-methyl/N-ethyl adjacent to an activating group) is 1. The van der Waals surface area contributed by atoms with Gasteiger partial charge < -0.3 is 15.0 Å². The minimum atomic E-state index is 0.207. The highest BCUT2D eigenvalue weighted by atomic mass is 79.9. The number of rotatable bonds is 6. The van der Waals surface area contributed by atoms with Gasteiger partial charge in [-0.1, -0.05) is 15.9 Å². The number of benzene rings is 1. The van der Waals surface area contributed by atoms with Gasteiger partial charge in [-0.15, -0.1) is 0 Å². The zero-order valence-corrected chi connectivity index (χ0v) is 13.4. The Bertz CT molecular complexity index is 430. The van der Waals surface area contributed by atoms with E-state index in [1.807, 2.05) is 31.3 Å². The maximum Gasteiger partial charge on any atom is 0.222 e. The Labute approximate surface area is 128 Å². The number of amides is 1. The van der Waals surface area contributed by atoms with Crippen molar-refractivity contribution in [3.8, 4) is 5.75 Å². The normalized spacial score (nSPS) is 18.0. The van der Waals surface area contributed by atoms with E-state index in [9.17, 15) is 4.79 Å². The lowest BCUT2D eigenvalue weighted by Crippen LogP contribution is -2.32. The average Bonchev–Trinajstić information content (AvgIpc) is 2.93. The Morgan fingerprint density at radius 3 is 2.85 bits per heavy atom. The van der Waals surface area contributed by atoms with E-state index in [0.717, 1.165) is 29.7 Å². The van der Waals surface area contributed by atoms with Crippen LogP contribution in [-0.2, 0) is 4.79 Å². The molecule has 0 radical (unpaired) electrons. The van der Waals surface area contributed by atoms with Gasteiger partial charge in [0.2, 0.25) is 5.91 Å². The summed E-state index contributed by atoms with van der Waals surface area (Å²) < 4.78 is 6.65. The van der Waals surface area contributed by atoms with Gasteiger partial charge in [0.05, 0.1) is 6.54 Å². The summed E-state index contributed by atoms with van der Waals surface area (Å²) in [5.74, 6) is 1.53. The number of ether oxygens (including phenoxy) is 1. The van der Waals surface area contributed by atoms with Gasteiger partial charge in [0.1, 0.15) is 12.4 Å². The van der Waals surface area contributed by atoms with Crippen molar-refractivity contribution in [2.45, 2.75) is 12.8 Å². The first kappa shape index (κ1) is 15.3. The zero-order valence-electron chi connectivity index (χ0n) is 11.8. The summed E-state index contributed by atoms with van der Waals surface area (Å²) in [5.41, 5.74) is 0. The zero-order chi connectivity index (χ0) is 14.4. The first-order valence-electron chi connectivity index (χ1n) is 6.98. The second kappa shape index (κ2) is 7.64. The van der Waals surface area contributed by atoms with Crippen LogP contribution in [0.15, 0.2) is 28.7 Å². The fourth-order valence-corrected chi connectivity index (χ4v) is 2.51. The van der Waals surface area contributed by atoms with E-state index in [1.54, 1.807) is 4.90 Å². The third-order valence-electron chi connectivity index (χ3n) is 3.56. The average molecular weight is 341 g/mol. The van der Waals surface area contributed by atoms with Crippen molar-refractivity contribution >= 4 is 21.8 Å². The maximum absolute atomic E-state index is 12.0. The number of nitrogens with one attached hydrogen (secondary N) is 1. The monoisotopic (exact) mass is 340 g/mol. The Kier molecular flexibility index (Phi) is 5.86. The van der Waals surface area contributed by atoms with Crippen LogP contribution >= 0.6 is 15.9 Å². The fraction of sp³-hybridized carbons (Fsp3) is 0.533. The summed E-state index contributed by atoms with van der Waals surface area (Å²) in [6, 6.07) is 7.71. The molecule has 1 unspecified atom stereocenters. The van der Waals surface area contributed by atoms with Crippen LogP contribution in [0.3, 0.4) is 0 Å². The summed E-state index contributed by atoms with van der Waals surface area (Å²) in [6.07, 6.45) is 1.75. The Morgan fingerprint density at radius 1 is 1.45 bits per heavy atom. The van der Waals surface area contributed by atoms with Crippen molar-refractivity contribution in [2.24, 2.45) is 5.92 Å². The van der Waals surface area contributed by atoms with Crippen LogP contribution in [-0.4, -0.2) is 44.1 Å². The predicted molar refractivity (Wildman–Crippen MR) is 82.9 cm³/mol. The summed E-state index contributed by atoms with van der Waals surface area (Å²) in [5, 5.41) is 3.29. The molecule has 5 heteroatoms. The summed E-state index contributed by atoms with van der Waals surface area (Å²) in [4.78, 5) is 13.8. The number of halogens is 1. The van der Waals surface area contributed by atoms with E-state index in [2.05, 4.69) is 21.2 Å². The Balaban J connectivity index is 1.67. The van der Waals surface area contributed by atoms with Crippen LogP contribution in [0.4, 0.5) is 0 Å². The Hall–Kier alpha value is -1.07. The molecule has 4 nitrogen and oxygen atoms in total. The highest BCUT2D eigenvalue weighted by Crippen LogP contribution is 2.16. The summed E-state index contributed by atoms with van der Waals surface area (Å²) in [6.45, 7) is 3.14. The molecule has 1 fully saturated rings. The second-order valence-electron chi connectivity index (χ2n) is 5.18. The molecule has 1 atom stereocenters. The summed E-state index contributed by atoms with van der Waals surface area (Å²) >= 11 is 3.38. The SMILES string of the molecule is CN(CCOc1ccc(Br)cc1)C(=O)CC1CCNC1. The molecule has 0 spiro atoms. The largest absolute Gasteiger partial charge is 0.492 e. The van der Waals surface area contributed by atoms with E-state index in [4.69, 9.17) is 4.74 Å². The minimum Gasteiger partial charge on any atom is -0.492 e. The van der Waals surface area contributed by atoms with Crippen LogP contribution in [0.2, 0.25) is 0 Å². The molecule has 1 aromatic rings. The predicted octanol–water partition coefficient (Wildman–Crippen LogP) is 2.29. The van der Waals surface area contributed by atoms with E-state index in [-0.39, 0.29) is 5.91 Å². The van der Waals surface area contributed by atoms with Crippen molar-refractivity contribution in [2.75, 3.05) is 33.3 Å². The molecule has 1 saturated heterocycles. The highest BCUT2D eigenvalue weighted by molar-refractivity contribution is 9.10. The molecule has 0 saturated carbocycles. The van der Waals surface area contributed by atoms with Crippen LogP contribution < -0.4 is 10.1 Å². The van der Waals surface area contributed by atoms with Gasteiger partial charge in [0.15, 0.2) is 0 Å². The highest BCUT2D eigenvalue weighted by Gasteiger charge is 2.19. The fourth-order valence-electron chi connectivity index (χ4n) is 2.25. The number of hydrogen-bond acceptors (Lipinski definition) is 3. The topological polar surface area (TPSA) is 41.6 Å². The van der Waals surface area contributed by atoms with Gasteiger partial charge in [0, 0.05) is 17.9 Å². The van der Waals surface area contributed by atoms with Gasteiger partial charge in [-0.25, -0.2) is 0 Å². The number of carbonyl (C=O) groups excluding carboxylic acids is 1. The summed E-state index contributed by atoms with van der Waals surface area (Å²) in [7, 11) is 1.84. The van der Waals surface area contributed by atoms with Crippen LogP contribution in [0.25, 0.3) is 0 Å². The molecule has 1 aliphatic heterocycles. The molecule has 1 N–H and O–H groups in total. The van der Waals surface area contributed by atoms with Gasteiger partial charge in [-0.2, -0.15) is 0 Å². The van der Waals surface area contributed by atoms with E-state index in [0.29, 0.717) is 25.5 Å². The molecule has 110 valence electrons. The first-order chi connectivity index (χ1) is 9.65. The third-order valence-corrected chi connectivity index (χ3v) is 4.09. The molecular formula is C15H21BrN2O2. The molecule has 1 amide bonds. The lowest BCUT2D eigenvalue weighted by atomic mass is 10.0. The molecule has 2 rings (SSSR count). The van der Waals surface area contributed by atoms with Crippen LogP contribution in [0, 0.1) is 5.92 Å². The minimum absolute atomic E-state index is 0.207. The quantitative estimate of drug-likeness (QED) is 0.863.